The molecular formula is C55H60Cl2F2N8O14. The number of H-pyrrole nitrogens is 2. The molecule has 0 aliphatic carbocycles. The lowest BCUT2D eigenvalue weighted by atomic mass is 10.0. The predicted octanol–water partition coefficient (Wildman–Crippen LogP) is 8.07. The summed E-state index contributed by atoms with van der Waals surface area (Å²) in [6, 6.07) is 12.8. The van der Waals surface area contributed by atoms with Crippen molar-refractivity contribution in [3.05, 3.63) is 159 Å². The van der Waals surface area contributed by atoms with Crippen LogP contribution < -0.4 is 22.5 Å². The summed E-state index contributed by atoms with van der Waals surface area (Å²) >= 11 is 11.5. The number of pyridine rings is 4. The highest BCUT2D eigenvalue weighted by Gasteiger charge is 2.40. The van der Waals surface area contributed by atoms with Crippen molar-refractivity contribution < 1.29 is 57.1 Å². The maximum atomic E-state index is 13.7. The van der Waals surface area contributed by atoms with Crippen molar-refractivity contribution in [3.8, 4) is 11.4 Å². The number of esters is 2. The second-order valence-electron chi connectivity index (χ2n) is 19.0. The fraction of sp³-hybridized carbons (Fsp3) is 0.382. The van der Waals surface area contributed by atoms with Gasteiger partial charge < -0.3 is 29.2 Å². The normalized spacial score (nSPS) is 15.2. The van der Waals surface area contributed by atoms with Crippen molar-refractivity contribution >= 4 is 69.1 Å². The summed E-state index contributed by atoms with van der Waals surface area (Å²) in [7, 11) is 0. The minimum absolute atomic E-state index is 0.00634. The van der Waals surface area contributed by atoms with Crippen molar-refractivity contribution in [2.45, 2.75) is 124 Å². The van der Waals surface area contributed by atoms with E-state index >= 15 is 0 Å². The molecule has 4 N–H and O–H groups in total. The molecule has 6 aromatic heterocycles. The molecule has 2 saturated heterocycles. The van der Waals surface area contributed by atoms with Crippen LogP contribution in [0.3, 0.4) is 0 Å². The number of fused-ring (bicyclic) bond motifs is 2. The fourth-order valence-electron chi connectivity index (χ4n) is 8.10. The smallest absolute Gasteiger partial charge is 0.349 e. The van der Waals surface area contributed by atoms with Gasteiger partial charge in [0.1, 0.15) is 0 Å². The molecule has 22 nitrogen and oxygen atoms in total. The number of aliphatic carboxylic acids is 2. The third-order valence-electron chi connectivity index (χ3n) is 12.0. The van der Waals surface area contributed by atoms with Gasteiger partial charge in [0.05, 0.1) is 51.3 Å². The van der Waals surface area contributed by atoms with E-state index in [0.29, 0.717) is 35.0 Å². The standard InChI is InChI=1S/2C16H14ClFN4O2.C13H12O8.2C5H10O/c2*1-7(2)11-12(8(3)4-5-19-11)22-14-9(15(23)21-16(22)24)6-10(18)13(17)20-14;1-7(14)20-9(11(15)16)10(12(17)18)21-13(19)8-5-3-2-4-6-8;2*1-5-3-2-4-6-5/h2*4-7H,1-3H3,(H,21,23,24);2-6,9-10H,1H3,(H,15,16)(H,17,18);2*5H,2-4H2,1H3. The SMILES string of the molecule is CC(=O)OC(C(=O)O)C(OC(=O)c1ccccc1)C(=O)O.CC1CCCO1.CC1CCCO1.Cc1ccnc(C(C)C)c1-n1c(=O)[nH]c(=O)c2cc(F)c(Cl)nc21.Cc1ccnc(C(C)C)c1-n1c(=O)[nH]c(=O)c2cc(F)c(Cl)nc21. The first-order valence-electron chi connectivity index (χ1n) is 25.3. The first kappa shape index (κ1) is 63.8. The molecular weight excluding hydrogens is 1110 g/mol. The molecule has 81 heavy (non-hydrogen) atoms. The maximum absolute atomic E-state index is 13.7. The third kappa shape index (κ3) is 16.5. The van der Waals surface area contributed by atoms with Crippen LogP contribution in [-0.2, 0) is 33.3 Å². The van der Waals surface area contributed by atoms with Crippen LogP contribution in [0.4, 0.5) is 8.78 Å². The number of halogens is 4. The molecule has 9 rings (SSSR count). The van der Waals surface area contributed by atoms with Crippen molar-refractivity contribution in [2.75, 3.05) is 13.2 Å². The zero-order valence-corrected chi connectivity index (χ0v) is 47.1. The van der Waals surface area contributed by atoms with Crippen LogP contribution in [0.25, 0.3) is 33.4 Å². The molecule has 0 bridgehead atoms. The number of aromatic amines is 2. The summed E-state index contributed by atoms with van der Waals surface area (Å²) in [6.45, 7) is 18.5. The minimum Gasteiger partial charge on any atom is -0.478 e. The van der Waals surface area contributed by atoms with Gasteiger partial charge in [-0.2, -0.15) is 0 Å². The Morgan fingerprint density at radius 2 is 1.06 bits per heavy atom. The van der Waals surface area contributed by atoms with E-state index in [2.05, 4.69) is 53.2 Å². The Hall–Kier alpha value is -8.06. The number of benzene rings is 1. The van der Waals surface area contributed by atoms with Gasteiger partial charge in [-0.3, -0.25) is 34.3 Å². The van der Waals surface area contributed by atoms with E-state index in [1.54, 1.807) is 30.6 Å². The number of carboxylic acid groups (broad SMARTS) is 2. The molecule has 2 aliphatic heterocycles. The van der Waals surface area contributed by atoms with Crippen molar-refractivity contribution in [2.24, 2.45) is 0 Å². The van der Waals surface area contributed by atoms with Crippen LogP contribution >= 0.6 is 23.2 Å². The highest BCUT2D eigenvalue weighted by atomic mass is 35.5. The van der Waals surface area contributed by atoms with E-state index in [1.165, 1.54) is 59.1 Å². The number of ether oxygens (including phenoxy) is 4. The molecule has 2 fully saturated rings. The van der Waals surface area contributed by atoms with Crippen LogP contribution in [0.1, 0.15) is 119 Å². The Morgan fingerprint density at radius 3 is 1.38 bits per heavy atom. The summed E-state index contributed by atoms with van der Waals surface area (Å²) in [4.78, 5) is 115. The van der Waals surface area contributed by atoms with E-state index < -0.39 is 80.5 Å². The predicted molar refractivity (Wildman–Crippen MR) is 295 cm³/mol. The van der Waals surface area contributed by atoms with Crippen molar-refractivity contribution in [1.29, 1.82) is 0 Å². The van der Waals surface area contributed by atoms with Gasteiger partial charge in [-0.05, 0) is 113 Å². The molecule has 26 heteroatoms. The second-order valence-corrected chi connectivity index (χ2v) is 19.7. The van der Waals surface area contributed by atoms with Gasteiger partial charge in [0, 0.05) is 32.5 Å². The summed E-state index contributed by atoms with van der Waals surface area (Å²) in [5.41, 5.74) is 1.10. The molecule has 4 unspecified atom stereocenters. The van der Waals surface area contributed by atoms with E-state index in [0.717, 1.165) is 43.4 Å². The van der Waals surface area contributed by atoms with Crippen molar-refractivity contribution in [3.63, 3.8) is 0 Å². The molecule has 2 aliphatic rings. The molecule has 4 atom stereocenters. The number of aryl methyl sites for hydroxylation is 2. The number of hydrogen-bond donors (Lipinski definition) is 4. The summed E-state index contributed by atoms with van der Waals surface area (Å²) < 4.78 is 49.2. The number of rotatable bonds is 10. The van der Waals surface area contributed by atoms with Gasteiger partial charge in [0.2, 0.25) is 12.2 Å². The number of nitrogens with zero attached hydrogens (tertiary/aromatic N) is 6. The van der Waals surface area contributed by atoms with Crippen LogP contribution in [0.5, 0.6) is 0 Å². The zero-order valence-electron chi connectivity index (χ0n) is 45.5. The van der Waals surface area contributed by atoms with Crippen LogP contribution in [-0.4, -0.2) is 111 Å². The maximum Gasteiger partial charge on any atom is 0.349 e. The number of carboxylic acids is 2. The van der Waals surface area contributed by atoms with Gasteiger partial charge in [-0.25, -0.2) is 51.9 Å². The Labute approximate surface area is 471 Å². The molecule has 0 radical (unpaired) electrons. The fourth-order valence-corrected chi connectivity index (χ4v) is 8.37. The monoisotopic (exact) mass is 1160 g/mol. The van der Waals surface area contributed by atoms with Gasteiger partial charge in [0.15, 0.2) is 33.2 Å². The summed E-state index contributed by atoms with van der Waals surface area (Å²) in [6.07, 6.45) is 5.16. The lowest BCUT2D eigenvalue weighted by Crippen LogP contribution is -2.45. The number of carbonyl (C=O) groups is 4. The quantitative estimate of drug-likeness (QED) is 0.0743. The Bertz CT molecular complexity index is 3470. The molecule has 8 heterocycles. The van der Waals surface area contributed by atoms with Gasteiger partial charge in [-0.1, -0.05) is 69.1 Å². The van der Waals surface area contributed by atoms with Gasteiger partial charge in [0.25, 0.3) is 11.1 Å². The van der Waals surface area contributed by atoms with Gasteiger partial charge in [-0.15, -0.1) is 0 Å². The molecule has 7 aromatic rings. The molecule has 0 saturated carbocycles. The number of hydrogen-bond acceptors (Lipinski definition) is 16. The summed E-state index contributed by atoms with van der Waals surface area (Å²) in [5, 5.41) is 16.9. The highest BCUT2D eigenvalue weighted by molar-refractivity contribution is 6.30. The third-order valence-corrected chi connectivity index (χ3v) is 12.6. The van der Waals surface area contributed by atoms with E-state index in [1.807, 2.05) is 41.5 Å². The second kappa shape index (κ2) is 28.9. The largest absolute Gasteiger partial charge is 0.478 e. The van der Waals surface area contributed by atoms with Crippen LogP contribution in [0, 0.1) is 25.5 Å². The first-order valence-corrected chi connectivity index (χ1v) is 26.0. The average molecular weight is 1170 g/mol. The topological polar surface area (TPSA) is 307 Å². The molecule has 0 spiro atoms. The number of nitrogens with one attached hydrogen (secondary N) is 2. The Morgan fingerprint density at radius 1 is 0.667 bits per heavy atom. The first-order chi connectivity index (χ1) is 38.2. The Kier molecular flexibility index (Phi) is 22.7. The van der Waals surface area contributed by atoms with Crippen molar-refractivity contribution in [1.82, 2.24) is 39.0 Å². The molecule has 432 valence electrons. The van der Waals surface area contributed by atoms with Crippen LogP contribution in [0.15, 0.2) is 86.2 Å². The Balaban J connectivity index is 0.000000201. The average Bonchev–Trinajstić information content (AvgIpc) is 4.23. The minimum atomic E-state index is -2.15. The lowest BCUT2D eigenvalue weighted by molar-refractivity contribution is -0.177. The lowest BCUT2D eigenvalue weighted by Gasteiger charge is -2.20. The van der Waals surface area contributed by atoms with E-state index in [-0.39, 0.29) is 39.5 Å². The highest BCUT2D eigenvalue weighted by Crippen LogP contribution is 2.28. The number of aromatic nitrogens is 8. The summed E-state index contributed by atoms with van der Waals surface area (Å²) in [5.74, 6) is -7.15. The zero-order chi connectivity index (χ0) is 60.0. The van der Waals surface area contributed by atoms with Gasteiger partial charge >= 0.3 is 35.3 Å². The van der Waals surface area contributed by atoms with E-state index in [9.17, 15) is 47.1 Å². The number of carbonyl (C=O) groups excluding carboxylic acids is 2. The molecule has 1 aromatic carbocycles. The van der Waals surface area contributed by atoms with E-state index in [4.69, 9.17) is 42.9 Å². The van der Waals surface area contributed by atoms with Crippen LogP contribution in [0.2, 0.25) is 10.3 Å². The molecule has 0 amide bonds.